The Hall–Kier alpha value is -3.08. The summed E-state index contributed by atoms with van der Waals surface area (Å²) in [7, 11) is 0. The van der Waals surface area contributed by atoms with E-state index in [0.29, 0.717) is 23.1 Å². The molecule has 0 fully saturated rings. The lowest BCUT2D eigenvalue weighted by atomic mass is 9.86. The molecule has 0 N–H and O–H groups in total. The van der Waals surface area contributed by atoms with E-state index < -0.39 is 6.36 Å². The number of ether oxygens (including phenoxy) is 1. The van der Waals surface area contributed by atoms with Crippen molar-refractivity contribution in [1.29, 1.82) is 0 Å². The molecule has 0 amide bonds. The molecule has 0 spiro atoms. The molecule has 5 heteroatoms. The predicted molar refractivity (Wildman–Crippen MR) is 120 cm³/mol. The van der Waals surface area contributed by atoms with E-state index in [1.165, 1.54) is 48.2 Å². The van der Waals surface area contributed by atoms with Crippen molar-refractivity contribution in [2.45, 2.75) is 45.4 Å². The van der Waals surface area contributed by atoms with Gasteiger partial charge in [-0.15, -0.1) is 13.2 Å². The molecule has 0 aliphatic heterocycles. The number of alkyl halides is 3. The first-order chi connectivity index (χ1) is 15.3. The van der Waals surface area contributed by atoms with Crippen LogP contribution in [0.5, 0.6) is 5.75 Å². The van der Waals surface area contributed by atoms with Gasteiger partial charge in [-0.1, -0.05) is 68.0 Å². The first-order valence-electron chi connectivity index (χ1n) is 10.8. The quantitative estimate of drug-likeness (QED) is 0.351. The number of benzene rings is 3. The molecular formula is C27H24F4O. The van der Waals surface area contributed by atoms with Crippen molar-refractivity contribution in [3.05, 3.63) is 88.7 Å². The van der Waals surface area contributed by atoms with Crippen molar-refractivity contribution in [1.82, 2.24) is 0 Å². The lowest BCUT2D eigenvalue weighted by molar-refractivity contribution is -0.274. The topological polar surface area (TPSA) is 9.23 Å². The zero-order valence-electron chi connectivity index (χ0n) is 17.8. The molecule has 3 aromatic rings. The summed E-state index contributed by atoms with van der Waals surface area (Å²) in [5.74, 6) is -0.648. The summed E-state index contributed by atoms with van der Waals surface area (Å²) < 4.78 is 56.2. The molecule has 1 aliphatic carbocycles. The minimum Gasteiger partial charge on any atom is -0.406 e. The van der Waals surface area contributed by atoms with Gasteiger partial charge in [0.1, 0.15) is 11.6 Å². The Morgan fingerprint density at radius 3 is 2.19 bits per heavy atom. The molecule has 0 unspecified atom stereocenters. The van der Waals surface area contributed by atoms with Crippen LogP contribution in [0.3, 0.4) is 0 Å². The third-order valence-corrected chi connectivity index (χ3v) is 5.80. The Morgan fingerprint density at radius 1 is 0.844 bits per heavy atom. The molecular weight excluding hydrogens is 416 g/mol. The fraction of sp³-hybridized carbons (Fsp3) is 0.259. The first kappa shape index (κ1) is 22.1. The molecule has 0 saturated heterocycles. The van der Waals surface area contributed by atoms with E-state index in [4.69, 9.17) is 0 Å². The molecule has 1 nitrogen and oxygen atoms in total. The van der Waals surface area contributed by atoms with E-state index in [1.54, 1.807) is 6.07 Å². The molecule has 166 valence electrons. The fourth-order valence-electron chi connectivity index (χ4n) is 4.10. The molecule has 0 atom stereocenters. The summed E-state index contributed by atoms with van der Waals surface area (Å²) in [4.78, 5) is 0. The number of aryl methyl sites for hydroxylation is 1. The normalized spacial score (nSPS) is 13.5. The van der Waals surface area contributed by atoms with Crippen LogP contribution >= 0.6 is 0 Å². The highest BCUT2D eigenvalue weighted by Gasteiger charge is 2.31. The van der Waals surface area contributed by atoms with Crippen LogP contribution in [0.2, 0.25) is 0 Å². The third kappa shape index (κ3) is 5.04. The van der Waals surface area contributed by atoms with Crippen molar-refractivity contribution < 1.29 is 22.3 Å². The van der Waals surface area contributed by atoms with Gasteiger partial charge in [0.05, 0.1) is 0 Å². The smallest absolute Gasteiger partial charge is 0.406 e. The Bertz CT molecular complexity index is 1110. The van der Waals surface area contributed by atoms with Crippen molar-refractivity contribution in [2.24, 2.45) is 0 Å². The van der Waals surface area contributed by atoms with Gasteiger partial charge in [-0.25, -0.2) is 4.39 Å². The molecule has 0 saturated carbocycles. The van der Waals surface area contributed by atoms with E-state index >= 15 is 4.39 Å². The summed E-state index contributed by atoms with van der Waals surface area (Å²) in [6.45, 7) is 2.18. The Labute approximate surface area is 185 Å². The summed E-state index contributed by atoms with van der Waals surface area (Å²) in [5.41, 5.74) is 6.04. The van der Waals surface area contributed by atoms with Gasteiger partial charge in [-0.05, 0) is 71.2 Å². The van der Waals surface area contributed by atoms with Gasteiger partial charge in [0.25, 0.3) is 0 Å². The van der Waals surface area contributed by atoms with Crippen LogP contribution in [0.1, 0.15) is 48.4 Å². The molecule has 3 aromatic carbocycles. The minimum absolute atomic E-state index is 0.322. The van der Waals surface area contributed by atoms with Crippen molar-refractivity contribution in [2.75, 3.05) is 0 Å². The van der Waals surface area contributed by atoms with Crippen LogP contribution < -0.4 is 4.74 Å². The van der Waals surface area contributed by atoms with Gasteiger partial charge < -0.3 is 4.74 Å². The monoisotopic (exact) mass is 440 g/mol. The van der Waals surface area contributed by atoms with Crippen LogP contribution in [0, 0.1) is 5.82 Å². The van der Waals surface area contributed by atoms with Crippen LogP contribution in [0.15, 0.2) is 60.7 Å². The summed E-state index contributed by atoms with van der Waals surface area (Å²) >= 11 is 0. The highest BCUT2D eigenvalue weighted by atomic mass is 19.4. The third-order valence-electron chi connectivity index (χ3n) is 5.80. The summed E-state index contributed by atoms with van der Waals surface area (Å²) in [5, 5.41) is 0. The number of hydrogen-bond donors (Lipinski definition) is 0. The second-order valence-corrected chi connectivity index (χ2v) is 8.04. The molecule has 0 bridgehead atoms. The average Bonchev–Trinajstić information content (AvgIpc) is 2.78. The Balaban J connectivity index is 1.56. The zero-order chi connectivity index (χ0) is 22.7. The van der Waals surface area contributed by atoms with Crippen LogP contribution in [0.4, 0.5) is 17.6 Å². The fourth-order valence-corrected chi connectivity index (χ4v) is 4.10. The number of unbranched alkanes of at least 4 members (excludes halogenated alkanes) is 1. The van der Waals surface area contributed by atoms with Crippen molar-refractivity contribution in [3.63, 3.8) is 0 Å². The number of halogens is 4. The molecule has 0 aromatic heterocycles. The van der Waals surface area contributed by atoms with Gasteiger partial charge >= 0.3 is 6.36 Å². The minimum atomic E-state index is -4.75. The summed E-state index contributed by atoms with van der Waals surface area (Å²) in [6, 6.07) is 17.4. The maximum Gasteiger partial charge on any atom is 0.573 e. The Kier molecular flexibility index (Phi) is 6.35. The maximum absolute atomic E-state index is 15.3. The van der Waals surface area contributed by atoms with E-state index in [2.05, 4.69) is 35.9 Å². The average molecular weight is 440 g/mol. The Morgan fingerprint density at radius 2 is 1.53 bits per heavy atom. The summed E-state index contributed by atoms with van der Waals surface area (Å²) in [6.07, 6.45) is 2.02. The molecule has 32 heavy (non-hydrogen) atoms. The van der Waals surface area contributed by atoms with E-state index in [9.17, 15) is 13.2 Å². The standard InChI is InChI=1S/C27H24F4O/c1-2-3-4-18-5-7-19(8-6-18)21-11-15-25-22(17-21)12-16-24(26(25)28)20-9-13-23(14-10-20)32-27(29,30)31/h5-10,12-14,16-17H,2-4,11,15H2,1H3. The maximum atomic E-state index is 15.3. The molecule has 0 radical (unpaired) electrons. The number of fused-ring (bicyclic) bond motifs is 1. The largest absolute Gasteiger partial charge is 0.573 e. The molecule has 4 rings (SSSR count). The van der Waals surface area contributed by atoms with Crippen LogP contribution in [0.25, 0.3) is 22.8 Å². The van der Waals surface area contributed by atoms with Crippen LogP contribution in [-0.2, 0) is 12.8 Å². The molecule has 1 aliphatic rings. The molecule has 0 heterocycles. The van der Waals surface area contributed by atoms with Crippen molar-refractivity contribution in [3.8, 4) is 16.9 Å². The second kappa shape index (κ2) is 9.19. The lowest BCUT2D eigenvalue weighted by Crippen LogP contribution is -2.16. The van der Waals surface area contributed by atoms with Crippen LogP contribution in [-0.4, -0.2) is 6.36 Å². The SMILES string of the molecule is CCCCc1ccc(C2=Cc3ccc(-c4ccc(OC(F)(F)F)cc4)c(F)c3CC2)cc1. The van der Waals surface area contributed by atoms with E-state index in [0.717, 1.165) is 24.0 Å². The highest BCUT2D eigenvalue weighted by Crippen LogP contribution is 2.36. The number of allylic oxidation sites excluding steroid dienone is 1. The highest BCUT2D eigenvalue weighted by molar-refractivity contribution is 5.85. The van der Waals surface area contributed by atoms with E-state index in [-0.39, 0.29) is 11.6 Å². The van der Waals surface area contributed by atoms with Gasteiger partial charge in [-0.3, -0.25) is 0 Å². The predicted octanol–water partition coefficient (Wildman–Crippen LogP) is 8.22. The zero-order valence-corrected chi connectivity index (χ0v) is 17.8. The second-order valence-electron chi connectivity index (χ2n) is 8.04. The van der Waals surface area contributed by atoms with E-state index in [1.807, 2.05) is 12.1 Å². The van der Waals surface area contributed by atoms with Gasteiger partial charge in [0.15, 0.2) is 0 Å². The van der Waals surface area contributed by atoms with Gasteiger partial charge in [0.2, 0.25) is 0 Å². The number of rotatable bonds is 6. The van der Waals surface area contributed by atoms with Gasteiger partial charge in [0, 0.05) is 5.56 Å². The lowest BCUT2D eigenvalue weighted by Gasteiger charge is -2.19. The van der Waals surface area contributed by atoms with Crippen molar-refractivity contribution >= 4 is 11.6 Å². The number of hydrogen-bond acceptors (Lipinski definition) is 1. The van der Waals surface area contributed by atoms with Gasteiger partial charge in [-0.2, -0.15) is 0 Å². The first-order valence-corrected chi connectivity index (χ1v) is 10.8.